The van der Waals surface area contributed by atoms with Gasteiger partial charge < -0.3 is 15.8 Å². The average Bonchev–Trinajstić information content (AvgIpc) is 2.36. The molecule has 1 aromatic rings. The second-order valence-electron chi connectivity index (χ2n) is 3.21. The molecule has 0 aliphatic rings. The second kappa shape index (κ2) is 3.74. The minimum atomic E-state index is -0.140. The lowest BCUT2D eigenvalue weighted by Gasteiger charge is -2.06. The molecule has 1 heterocycles. The van der Waals surface area contributed by atoms with Crippen LogP contribution in [-0.4, -0.2) is 22.7 Å². The Morgan fingerprint density at radius 1 is 1.58 bits per heavy atom. The van der Waals surface area contributed by atoms with Crippen LogP contribution >= 0.6 is 0 Å². The van der Waals surface area contributed by atoms with E-state index in [1.54, 1.807) is 0 Å². The molecule has 1 aromatic heterocycles. The molecule has 0 bridgehead atoms. The van der Waals surface area contributed by atoms with Crippen LogP contribution in [0.3, 0.4) is 0 Å². The molecular weight excluding hydrogens is 152 g/mol. The lowest BCUT2D eigenvalue weighted by Crippen LogP contribution is -2.26. The number of aryl methyl sites for hydroxylation is 1. The van der Waals surface area contributed by atoms with Crippen molar-refractivity contribution in [2.24, 2.45) is 5.73 Å². The monoisotopic (exact) mass is 168 g/mol. The van der Waals surface area contributed by atoms with Crippen molar-refractivity contribution in [2.75, 3.05) is 6.61 Å². The van der Waals surface area contributed by atoms with Gasteiger partial charge in [-0.2, -0.15) is 0 Å². The Morgan fingerprint density at radius 2 is 2.25 bits per heavy atom. The van der Waals surface area contributed by atoms with Gasteiger partial charge in [-0.1, -0.05) is 0 Å². The quantitative estimate of drug-likeness (QED) is 0.615. The van der Waals surface area contributed by atoms with Crippen molar-refractivity contribution in [2.45, 2.75) is 26.3 Å². The SMILES string of the molecule is Cc1[nH]cc(CC(N)CO)c1C. The highest BCUT2D eigenvalue weighted by atomic mass is 16.3. The van der Waals surface area contributed by atoms with Gasteiger partial charge in [-0.15, -0.1) is 0 Å². The summed E-state index contributed by atoms with van der Waals surface area (Å²) < 4.78 is 0. The first-order valence-electron chi connectivity index (χ1n) is 4.15. The van der Waals surface area contributed by atoms with Crippen molar-refractivity contribution in [1.29, 1.82) is 0 Å². The fourth-order valence-corrected chi connectivity index (χ4v) is 1.21. The summed E-state index contributed by atoms with van der Waals surface area (Å²) in [7, 11) is 0. The maximum absolute atomic E-state index is 8.76. The van der Waals surface area contributed by atoms with Crippen LogP contribution in [0.4, 0.5) is 0 Å². The van der Waals surface area contributed by atoms with E-state index in [2.05, 4.69) is 11.9 Å². The molecule has 68 valence electrons. The first kappa shape index (κ1) is 9.29. The van der Waals surface area contributed by atoms with Gasteiger partial charge in [0, 0.05) is 17.9 Å². The zero-order valence-electron chi connectivity index (χ0n) is 7.59. The maximum Gasteiger partial charge on any atom is 0.0585 e. The van der Waals surface area contributed by atoms with E-state index >= 15 is 0 Å². The molecule has 0 spiro atoms. The van der Waals surface area contributed by atoms with E-state index in [4.69, 9.17) is 10.8 Å². The molecule has 4 N–H and O–H groups in total. The number of nitrogens with two attached hydrogens (primary N) is 1. The molecule has 0 saturated carbocycles. The second-order valence-corrected chi connectivity index (χ2v) is 3.21. The highest BCUT2D eigenvalue weighted by molar-refractivity contribution is 5.29. The number of rotatable bonds is 3. The Labute approximate surface area is 72.6 Å². The summed E-state index contributed by atoms with van der Waals surface area (Å²) in [6.45, 7) is 4.14. The molecule has 0 amide bonds. The van der Waals surface area contributed by atoms with Crippen molar-refractivity contribution >= 4 is 0 Å². The van der Waals surface area contributed by atoms with Gasteiger partial charge in [0.25, 0.3) is 0 Å². The van der Waals surface area contributed by atoms with Crippen molar-refractivity contribution in [3.05, 3.63) is 23.0 Å². The van der Waals surface area contributed by atoms with E-state index in [0.717, 1.165) is 6.42 Å². The van der Waals surface area contributed by atoms with Gasteiger partial charge in [-0.05, 0) is 31.4 Å². The molecule has 12 heavy (non-hydrogen) atoms. The van der Waals surface area contributed by atoms with Crippen molar-refractivity contribution in [3.8, 4) is 0 Å². The molecule has 0 saturated heterocycles. The smallest absolute Gasteiger partial charge is 0.0585 e. The summed E-state index contributed by atoms with van der Waals surface area (Å²) in [4.78, 5) is 3.13. The molecule has 1 unspecified atom stereocenters. The number of aliphatic hydroxyl groups is 1. The third-order valence-electron chi connectivity index (χ3n) is 2.22. The number of aliphatic hydroxyl groups excluding tert-OH is 1. The standard InChI is InChI=1S/C9H16N2O/c1-6-7(2)11-4-8(6)3-9(10)5-12/h4,9,11-12H,3,5,10H2,1-2H3. The predicted octanol–water partition coefficient (Wildman–Crippen LogP) is 0.494. The van der Waals surface area contributed by atoms with Crippen LogP contribution in [0.15, 0.2) is 6.20 Å². The average molecular weight is 168 g/mol. The van der Waals surface area contributed by atoms with Gasteiger partial charge in [0.2, 0.25) is 0 Å². The van der Waals surface area contributed by atoms with Gasteiger partial charge in [0.1, 0.15) is 0 Å². The summed E-state index contributed by atoms with van der Waals surface area (Å²) in [6.07, 6.45) is 2.70. The first-order chi connectivity index (χ1) is 5.65. The highest BCUT2D eigenvalue weighted by Gasteiger charge is 2.07. The van der Waals surface area contributed by atoms with E-state index in [9.17, 15) is 0 Å². The van der Waals surface area contributed by atoms with E-state index in [1.807, 2.05) is 13.1 Å². The van der Waals surface area contributed by atoms with Crippen molar-refractivity contribution < 1.29 is 5.11 Å². The van der Waals surface area contributed by atoms with E-state index in [-0.39, 0.29) is 12.6 Å². The Balaban J connectivity index is 2.69. The van der Waals surface area contributed by atoms with Crippen molar-refractivity contribution in [1.82, 2.24) is 4.98 Å². The van der Waals surface area contributed by atoms with Crippen LogP contribution in [0.25, 0.3) is 0 Å². The zero-order chi connectivity index (χ0) is 9.14. The molecule has 0 aliphatic heterocycles. The number of aromatic amines is 1. The normalized spacial score (nSPS) is 13.3. The number of hydrogen-bond donors (Lipinski definition) is 3. The third kappa shape index (κ3) is 1.87. The number of aromatic nitrogens is 1. The summed E-state index contributed by atoms with van der Waals surface area (Å²) in [6, 6.07) is -0.140. The maximum atomic E-state index is 8.76. The summed E-state index contributed by atoms with van der Waals surface area (Å²) in [5.41, 5.74) is 9.25. The largest absolute Gasteiger partial charge is 0.395 e. The van der Waals surface area contributed by atoms with Gasteiger partial charge in [-0.25, -0.2) is 0 Å². The molecule has 0 aromatic carbocycles. The predicted molar refractivity (Wildman–Crippen MR) is 49.0 cm³/mol. The summed E-state index contributed by atoms with van der Waals surface area (Å²) >= 11 is 0. The molecule has 0 fully saturated rings. The fourth-order valence-electron chi connectivity index (χ4n) is 1.21. The van der Waals surface area contributed by atoms with Crippen LogP contribution < -0.4 is 5.73 Å². The topological polar surface area (TPSA) is 62.0 Å². The Morgan fingerprint density at radius 3 is 2.67 bits per heavy atom. The minimum Gasteiger partial charge on any atom is -0.395 e. The minimum absolute atomic E-state index is 0.0453. The van der Waals surface area contributed by atoms with Crippen LogP contribution in [0.2, 0.25) is 0 Å². The van der Waals surface area contributed by atoms with Crippen molar-refractivity contribution in [3.63, 3.8) is 0 Å². The van der Waals surface area contributed by atoms with Gasteiger partial charge in [-0.3, -0.25) is 0 Å². The Hall–Kier alpha value is -0.800. The number of H-pyrrole nitrogens is 1. The molecule has 3 heteroatoms. The summed E-state index contributed by atoms with van der Waals surface area (Å²) in [5, 5.41) is 8.76. The molecule has 0 aliphatic carbocycles. The molecular formula is C9H16N2O. The van der Waals surface area contributed by atoms with Crippen LogP contribution in [0.5, 0.6) is 0 Å². The van der Waals surface area contributed by atoms with E-state index in [0.29, 0.717) is 0 Å². The van der Waals surface area contributed by atoms with Crippen LogP contribution in [0.1, 0.15) is 16.8 Å². The zero-order valence-corrected chi connectivity index (χ0v) is 7.59. The van der Waals surface area contributed by atoms with Gasteiger partial charge in [0.05, 0.1) is 6.61 Å². The first-order valence-corrected chi connectivity index (χ1v) is 4.15. The lowest BCUT2D eigenvalue weighted by molar-refractivity contribution is 0.265. The van der Waals surface area contributed by atoms with E-state index < -0.39 is 0 Å². The number of hydrogen-bond acceptors (Lipinski definition) is 2. The highest BCUT2D eigenvalue weighted by Crippen LogP contribution is 2.12. The Kier molecular flexibility index (Phi) is 2.89. The molecule has 1 atom stereocenters. The third-order valence-corrected chi connectivity index (χ3v) is 2.22. The number of nitrogens with one attached hydrogen (secondary N) is 1. The lowest BCUT2D eigenvalue weighted by atomic mass is 10.1. The van der Waals surface area contributed by atoms with Gasteiger partial charge >= 0.3 is 0 Å². The molecule has 3 nitrogen and oxygen atoms in total. The fraction of sp³-hybridized carbons (Fsp3) is 0.556. The van der Waals surface area contributed by atoms with Crippen LogP contribution in [0, 0.1) is 13.8 Å². The summed E-state index contributed by atoms with van der Waals surface area (Å²) in [5.74, 6) is 0. The van der Waals surface area contributed by atoms with E-state index in [1.165, 1.54) is 16.8 Å². The Bertz CT molecular complexity index is 255. The van der Waals surface area contributed by atoms with Gasteiger partial charge in [0.15, 0.2) is 0 Å². The van der Waals surface area contributed by atoms with Crippen LogP contribution in [-0.2, 0) is 6.42 Å². The molecule has 0 radical (unpaired) electrons. The molecule has 1 rings (SSSR count).